The van der Waals surface area contributed by atoms with E-state index in [-0.39, 0.29) is 30.1 Å². The first-order valence-corrected chi connectivity index (χ1v) is 13.5. The Labute approximate surface area is 214 Å². The van der Waals surface area contributed by atoms with E-state index in [0.717, 1.165) is 35.5 Å². The van der Waals surface area contributed by atoms with Crippen molar-refractivity contribution >= 4 is 29.1 Å². The number of thiazole rings is 1. The van der Waals surface area contributed by atoms with Crippen molar-refractivity contribution in [2.75, 3.05) is 0 Å². The largest absolute Gasteiger partial charge is 0.392 e. The zero-order valence-corrected chi connectivity index (χ0v) is 23.5. The second-order valence-electron chi connectivity index (χ2n) is 11.1. The lowest BCUT2D eigenvalue weighted by atomic mass is 9.68. The summed E-state index contributed by atoms with van der Waals surface area (Å²) < 4.78 is 0. The van der Waals surface area contributed by atoms with Crippen LogP contribution in [0, 0.1) is 24.2 Å². The van der Waals surface area contributed by atoms with Gasteiger partial charge in [0, 0.05) is 11.3 Å². The Morgan fingerprint density at radius 2 is 1.89 bits per heavy atom. The van der Waals surface area contributed by atoms with Crippen LogP contribution in [0.4, 0.5) is 0 Å². The predicted octanol–water partition coefficient (Wildman–Crippen LogP) is 5.23. The topological polar surface area (TPSA) is 99.5 Å². The van der Waals surface area contributed by atoms with Crippen LogP contribution in [0.25, 0.3) is 6.08 Å². The number of aliphatic hydroxyl groups excluding tert-OH is 1. The first-order chi connectivity index (χ1) is 16.2. The van der Waals surface area contributed by atoms with Crippen molar-refractivity contribution in [1.82, 2.24) is 10.3 Å². The van der Waals surface area contributed by atoms with Crippen LogP contribution in [-0.4, -0.2) is 44.6 Å². The fourth-order valence-electron chi connectivity index (χ4n) is 4.64. The molecule has 196 valence electrons. The Morgan fingerprint density at radius 3 is 2.49 bits per heavy atom. The molecule has 2 rings (SSSR count). The van der Waals surface area contributed by atoms with Gasteiger partial charge in [0.25, 0.3) is 0 Å². The molecule has 1 aromatic heterocycles. The molecule has 1 aromatic rings. The van der Waals surface area contributed by atoms with Gasteiger partial charge in [-0.3, -0.25) is 9.59 Å². The SMILES string of the molecule is C/C1=C/C[C@@H](/C(C)=C/c2csc(C)n2)NC(=O)C[C@H](O)C(C)(C)C(=O)[C@H](C)C(C)(O)[C@@H](C)CCC1. The molecular formula is C28H44N2O4S. The maximum atomic E-state index is 13.4. The summed E-state index contributed by atoms with van der Waals surface area (Å²) in [7, 11) is 0. The number of aryl methyl sites for hydroxylation is 1. The molecule has 0 saturated heterocycles. The van der Waals surface area contributed by atoms with Crippen molar-refractivity contribution in [1.29, 1.82) is 0 Å². The number of carbonyl (C=O) groups excluding carboxylic acids is 2. The summed E-state index contributed by atoms with van der Waals surface area (Å²) in [4.78, 5) is 30.9. The van der Waals surface area contributed by atoms with Gasteiger partial charge >= 0.3 is 0 Å². The van der Waals surface area contributed by atoms with Gasteiger partial charge in [-0.05, 0) is 70.9 Å². The third-order valence-electron chi connectivity index (χ3n) is 7.92. The third-order valence-corrected chi connectivity index (χ3v) is 8.71. The number of nitrogens with one attached hydrogen (secondary N) is 1. The number of allylic oxidation sites excluding steroid dienone is 1. The van der Waals surface area contributed by atoms with Gasteiger partial charge in [0.1, 0.15) is 5.78 Å². The molecule has 1 unspecified atom stereocenters. The average Bonchev–Trinajstić information content (AvgIpc) is 3.18. The van der Waals surface area contributed by atoms with Crippen molar-refractivity contribution in [3.05, 3.63) is 33.3 Å². The van der Waals surface area contributed by atoms with Crippen LogP contribution in [0.5, 0.6) is 0 Å². The molecule has 35 heavy (non-hydrogen) atoms. The zero-order valence-electron chi connectivity index (χ0n) is 22.6. The van der Waals surface area contributed by atoms with Gasteiger partial charge < -0.3 is 15.5 Å². The number of aromatic nitrogens is 1. The standard InChI is InChI=1S/C28H44N2O4S/c1-17-10-9-11-19(3)28(8,34)20(4)26(33)27(6,7)24(31)15-25(32)30-23(13-12-17)18(2)14-22-16-35-21(5)29-22/h12,14,16,19-20,23-24,31,34H,9-11,13,15H2,1-8H3,(H,30,32)/b17-12-,18-14+/t19-,20-,23-,24-,28?/m0/s1. The minimum absolute atomic E-state index is 0.0853. The lowest BCUT2D eigenvalue weighted by Crippen LogP contribution is -2.51. The summed E-state index contributed by atoms with van der Waals surface area (Å²) >= 11 is 1.58. The normalized spacial score (nSPS) is 33.7. The molecule has 0 bridgehead atoms. The van der Waals surface area contributed by atoms with Gasteiger partial charge in [-0.1, -0.05) is 39.3 Å². The van der Waals surface area contributed by atoms with E-state index in [2.05, 4.69) is 23.3 Å². The van der Waals surface area contributed by atoms with E-state index in [9.17, 15) is 19.8 Å². The van der Waals surface area contributed by atoms with E-state index in [1.807, 2.05) is 32.2 Å². The molecule has 7 heteroatoms. The summed E-state index contributed by atoms with van der Waals surface area (Å²) in [5, 5.41) is 28.2. The number of aliphatic hydroxyl groups is 2. The van der Waals surface area contributed by atoms with Gasteiger partial charge in [0.2, 0.25) is 5.91 Å². The van der Waals surface area contributed by atoms with Crippen LogP contribution in [0.2, 0.25) is 0 Å². The lowest BCUT2D eigenvalue weighted by Gasteiger charge is -2.40. The van der Waals surface area contributed by atoms with Crippen molar-refractivity contribution in [3.63, 3.8) is 0 Å². The second-order valence-corrected chi connectivity index (χ2v) is 12.2. The molecule has 0 radical (unpaired) electrons. The number of Topliss-reactive ketones (excluding diaryl/α,β-unsaturated/α-hetero) is 1. The Kier molecular flexibility index (Phi) is 10.0. The van der Waals surface area contributed by atoms with E-state index in [1.54, 1.807) is 39.0 Å². The summed E-state index contributed by atoms with van der Waals surface area (Å²) in [5.74, 6) is -1.30. The molecule has 1 aliphatic rings. The van der Waals surface area contributed by atoms with Crippen molar-refractivity contribution in [2.45, 2.75) is 105 Å². The Bertz CT molecular complexity index is 960. The van der Waals surface area contributed by atoms with Crippen LogP contribution in [0.1, 0.15) is 91.3 Å². The van der Waals surface area contributed by atoms with E-state index < -0.39 is 23.0 Å². The minimum Gasteiger partial charge on any atom is -0.392 e. The third kappa shape index (κ3) is 7.58. The van der Waals surface area contributed by atoms with Crippen LogP contribution in [0.15, 0.2) is 22.6 Å². The molecule has 0 aromatic carbocycles. The summed E-state index contributed by atoms with van der Waals surface area (Å²) in [6, 6.07) is -0.239. The van der Waals surface area contributed by atoms with Crippen LogP contribution < -0.4 is 5.32 Å². The fraction of sp³-hybridized carbons (Fsp3) is 0.679. The predicted molar refractivity (Wildman–Crippen MR) is 143 cm³/mol. The van der Waals surface area contributed by atoms with Crippen LogP contribution in [0.3, 0.4) is 0 Å². The zero-order chi connectivity index (χ0) is 26.6. The first-order valence-electron chi connectivity index (χ1n) is 12.7. The molecule has 2 heterocycles. The number of amides is 1. The Balaban J connectivity index is 2.37. The van der Waals surface area contributed by atoms with Crippen molar-refractivity contribution in [2.24, 2.45) is 17.3 Å². The van der Waals surface area contributed by atoms with Crippen molar-refractivity contribution in [3.8, 4) is 0 Å². The molecule has 0 fully saturated rings. The second kappa shape index (κ2) is 11.9. The van der Waals surface area contributed by atoms with Crippen LogP contribution >= 0.6 is 11.3 Å². The molecule has 6 nitrogen and oxygen atoms in total. The minimum atomic E-state index is -1.20. The molecule has 0 saturated carbocycles. The van der Waals surface area contributed by atoms with Crippen LogP contribution in [-0.2, 0) is 9.59 Å². The van der Waals surface area contributed by atoms with E-state index in [4.69, 9.17) is 0 Å². The van der Waals surface area contributed by atoms with Gasteiger partial charge in [-0.25, -0.2) is 4.98 Å². The highest BCUT2D eigenvalue weighted by Gasteiger charge is 2.46. The number of nitrogens with zero attached hydrogens (tertiary/aromatic N) is 1. The summed E-state index contributed by atoms with van der Waals surface area (Å²) in [5.41, 5.74) is 0.704. The molecule has 0 aliphatic carbocycles. The number of carbonyl (C=O) groups is 2. The van der Waals surface area contributed by atoms with E-state index >= 15 is 0 Å². The highest BCUT2D eigenvalue weighted by Crippen LogP contribution is 2.37. The number of ketones is 1. The number of rotatable bonds is 2. The lowest BCUT2D eigenvalue weighted by molar-refractivity contribution is -0.149. The highest BCUT2D eigenvalue weighted by molar-refractivity contribution is 7.09. The average molecular weight is 505 g/mol. The highest BCUT2D eigenvalue weighted by atomic mass is 32.1. The van der Waals surface area contributed by atoms with E-state index in [1.165, 1.54) is 5.57 Å². The van der Waals surface area contributed by atoms with Gasteiger partial charge in [0.05, 0.1) is 40.3 Å². The quantitative estimate of drug-likeness (QED) is 0.479. The molecule has 5 atom stereocenters. The summed E-state index contributed by atoms with van der Waals surface area (Å²) in [6.45, 7) is 14.8. The number of hydrogen-bond donors (Lipinski definition) is 3. The van der Waals surface area contributed by atoms with Crippen molar-refractivity contribution < 1.29 is 19.8 Å². The molecule has 3 N–H and O–H groups in total. The van der Waals surface area contributed by atoms with Gasteiger partial charge in [-0.15, -0.1) is 11.3 Å². The summed E-state index contributed by atoms with van der Waals surface area (Å²) in [6.07, 6.45) is 6.01. The smallest absolute Gasteiger partial charge is 0.223 e. The fourth-order valence-corrected chi connectivity index (χ4v) is 5.21. The Hall–Kier alpha value is -1.83. The van der Waals surface area contributed by atoms with Gasteiger partial charge in [0.15, 0.2) is 0 Å². The maximum absolute atomic E-state index is 13.4. The first kappa shape index (κ1) is 29.4. The molecular weight excluding hydrogens is 460 g/mol. The molecule has 1 aliphatic heterocycles. The van der Waals surface area contributed by atoms with E-state index in [0.29, 0.717) is 6.42 Å². The Morgan fingerprint density at radius 1 is 1.23 bits per heavy atom. The van der Waals surface area contributed by atoms with Gasteiger partial charge in [-0.2, -0.15) is 0 Å². The molecule has 1 amide bonds. The number of hydrogen-bond acceptors (Lipinski definition) is 6. The monoisotopic (exact) mass is 504 g/mol. The maximum Gasteiger partial charge on any atom is 0.223 e. The molecule has 0 spiro atoms.